The van der Waals surface area contributed by atoms with Crippen LogP contribution in [0.1, 0.15) is 34.1 Å². The highest BCUT2D eigenvalue weighted by atomic mass is 127. The first-order valence-corrected chi connectivity index (χ1v) is 8.50. The van der Waals surface area contributed by atoms with Gasteiger partial charge in [0.05, 0.1) is 5.75 Å². The zero-order chi connectivity index (χ0) is 14.8. The van der Waals surface area contributed by atoms with E-state index in [0.717, 1.165) is 9.15 Å². The van der Waals surface area contributed by atoms with Gasteiger partial charge in [0.2, 0.25) is 10.0 Å². The number of hydrogen-bond donors (Lipinski definition) is 1. The fraction of sp³-hybridized carbons (Fsp3) is 1.00. The van der Waals surface area contributed by atoms with Crippen molar-refractivity contribution in [3.05, 3.63) is 0 Å². The van der Waals surface area contributed by atoms with Crippen LogP contribution in [0.3, 0.4) is 0 Å². The fourth-order valence-corrected chi connectivity index (χ4v) is 3.95. The molecule has 0 spiro atoms. The van der Waals surface area contributed by atoms with E-state index >= 15 is 0 Å². The molecule has 0 saturated heterocycles. The Morgan fingerprint density at radius 3 is 1.83 bits per heavy atom. The van der Waals surface area contributed by atoms with Crippen LogP contribution >= 0.6 is 22.6 Å². The van der Waals surface area contributed by atoms with Gasteiger partial charge in [-0.3, -0.25) is 0 Å². The maximum Gasteiger partial charge on any atom is 0.470 e. The Balaban J connectivity index is 4.77. The molecule has 0 fully saturated rings. The van der Waals surface area contributed by atoms with E-state index in [1.165, 1.54) is 0 Å². The molecule has 0 radical (unpaired) electrons. The second-order valence-electron chi connectivity index (χ2n) is 6.00. The predicted molar refractivity (Wildman–Crippen MR) is 74.0 cm³/mol. The summed E-state index contributed by atoms with van der Waals surface area (Å²) in [5.41, 5.74) is -0.830. The minimum atomic E-state index is -4.91. The molecule has 0 aliphatic carbocycles. The molecule has 110 valence electrons. The van der Waals surface area contributed by atoms with Crippen LogP contribution in [0.25, 0.3) is 0 Å². The molecule has 8 heteroatoms. The number of rotatable bonds is 6. The standard InChI is InChI=1S/C10H19F3INO2S/c1-8(2,6-14)5-9(3,4)7-18(16,17)15-10(11,12)13/h15H,5-7H2,1-4H3. The minimum Gasteiger partial charge on any atom is -0.212 e. The Morgan fingerprint density at radius 2 is 1.50 bits per heavy atom. The van der Waals surface area contributed by atoms with E-state index in [0.29, 0.717) is 6.42 Å². The van der Waals surface area contributed by atoms with Gasteiger partial charge >= 0.3 is 6.30 Å². The molecule has 0 aliphatic heterocycles. The van der Waals surface area contributed by atoms with Gasteiger partial charge in [0.15, 0.2) is 0 Å². The van der Waals surface area contributed by atoms with Crippen LogP contribution in [0, 0.1) is 10.8 Å². The number of halogens is 4. The number of alkyl halides is 4. The Kier molecular flexibility index (Phi) is 5.96. The van der Waals surface area contributed by atoms with Crippen LogP contribution in [0.5, 0.6) is 0 Å². The first kappa shape index (κ1) is 18.4. The van der Waals surface area contributed by atoms with E-state index in [4.69, 9.17) is 0 Å². The highest BCUT2D eigenvalue weighted by molar-refractivity contribution is 14.1. The summed E-state index contributed by atoms with van der Waals surface area (Å²) < 4.78 is 60.5. The van der Waals surface area contributed by atoms with Crippen LogP contribution < -0.4 is 4.72 Å². The van der Waals surface area contributed by atoms with Gasteiger partial charge in [-0.15, -0.1) is 4.72 Å². The SMILES string of the molecule is CC(C)(CI)CC(C)(C)CS(=O)(=O)NC(F)(F)F. The van der Waals surface area contributed by atoms with E-state index in [2.05, 4.69) is 22.6 Å². The zero-order valence-electron chi connectivity index (χ0n) is 10.9. The summed E-state index contributed by atoms with van der Waals surface area (Å²) in [7, 11) is -4.36. The van der Waals surface area contributed by atoms with Crippen molar-refractivity contribution in [2.45, 2.75) is 40.4 Å². The third-order valence-corrected chi connectivity index (χ3v) is 5.94. The Hall–Kier alpha value is 0.430. The molecular weight excluding hydrogens is 382 g/mol. The molecule has 0 unspecified atom stereocenters. The Morgan fingerprint density at radius 1 is 1.06 bits per heavy atom. The minimum absolute atomic E-state index is 0.113. The largest absolute Gasteiger partial charge is 0.470 e. The maximum atomic E-state index is 12.0. The lowest BCUT2D eigenvalue weighted by atomic mass is 9.77. The second kappa shape index (κ2) is 5.82. The first-order valence-electron chi connectivity index (χ1n) is 5.32. The summed E-state index contributed by atoms with van der Waals surface area (Å²) in [5, 5.41) is 0. The molecule has 0 aromatic rings. The molecule has 3 nitrogen and oxygen atoms in total. The topological polar surface area (TPSA) is 46.2 Å². The number of sulfonamides is 1. The third-order valence-electron chi connectivity index (χ3n) is 2.17. The van der Waals surface area contributed by atoms with Crippen molar-refractivity contribution >= 4 is 32.6 Å². The fourth-order valence-electron chi connectivity index (χ4n) is 2.12. The van der Waals surface area contributed by atoms with E-state index in [9.17, 15) is 21.6 Å². The highest BCUT2D eigenvalue weighted by Gasteiger charge is 2.38. The molecule has 0 aliphatic rings. The number of hydrogen-bond acceptors (Lipinski definition) is 2. The van der Waals surface area contributed by atoms with Gasteiger partial charge in [0.25, 0.3) is 0 Å². The number of nitrogens with one attached hydrogen (secondary N) is 1. The van der Waals surface area contributed by atoms with Gasteiger partial charge in [-0.1, -0.05) is 50.3 Å². The lowest BCUT2D eigenvalue weighted by Gasteiger charge is -2.33. The van der Waals surface area contributed by atoms with Gasteiger partial charge in [-0.2, -0.15) is 13.2 Å². The molecule has 0 amide bonds. The summed E-state index contributed by atoms with van der Waals surface area (Å²) in [6.45, 7) is 7.25. The van der Waals surface area contributed by atoms with E-state index < -0.39 is 27.5 Å². The van der Waals surface area contributed by atoms with E-state index in [-0.39, 0.29) is 5.41 Å². The summed E-state index contributed by atoms with van der Waals surface area (Å²) in [5.74, 6) is -0.542. The third kappa shape index (κ3) is 8.52. The monoisotopic (exact) mass is 401 g/mol. The summed E-state index contributed by atoms with van der Waals surface area (Å²) in [4.78, 5) is 0. The van der Waals surface area contributed by atoms with Crippen molar-refractivity contribution in [1.29, 1.82) is 0 Å². The summed E-state index contributed by atoms with van der Waals surface area (Å²) in [6.07, 6.45) is -4.38. The molecular formula is C10H19F3INO2S. The van der Waals surface area contributed by atoms with Crippen molar-refractivity contribution in [2.24, 2.45) is 10.8 Å². The molecule has 0 atom stereocenters. The Bertz CT molecular complexity index is 377. The molecule has 0 heterocycles. The molecule has 18 heavy (non-hydrogen) atoms. The van der Waals surface area contributed by atoms with E-state index in [1.807, 2.05) is 13.8 Å². The molecule has 0 rings (SSSR count). The van der Waals surface area contributed by atoms with Crippen LogP contribution in [-0.4, -0.2) is 24.9 Å². The lowest BCUT2D eigenvalue weighted by molar-refractivity contribution is -0.138. The quantitative estimate of drug-likeness (QED) is 0.422. The van der Waals surface area contributed by atoms with Gasteiger partial charge in [0.1, 0.15) is 0 Å². The maximum absolute atomic E-state index is 12.0. The van der Waals surface area contributed by atoms with Crippen molar-refractivity contribution in [2.75, 3.05) is 10.2 Å². The van der Waals surface area contributed by atoms with Crippen molar-refractivity contribution in [3.63, 3.8) is 0 Å². The predicted octanol–water partition coefficient (Wildman–Crippen LogP) is 3.30. The summed E-state index contributed by atoms with van der Waals surface area (Å²) >= 11 is 2.18. The molecule has 0 aromatic heterocycles. The van der Waals surface area contributed by atoms with E-state index in [1.54, 1.807) is 13.8 Å². The molecule has 0 saturated carbocycles. The summed E-state index contributed by atoms with van der Waals surface area (Å²) in [6, 6.07) is 0. The van der Waals surface area contributed by atoms with Crippen molar-refractivity contribution in [1.82, 2.24) is 4.72 Å². The Labute approximate surface area is 120 Å². The van der Waals surface area contributed by atoms with Crippen molar-refractivity contribution < 1.29 is 21.6 Å². The van der Waals surface area contributed by atoms with Gasteiger partial charge in [-0.05, 0) is 17.3 Å². The second-order valence-corrected chi connectivity index (χ2v) is 8.48. The van der Waals surface area contributed by atoms with Gasteiger partial charge in [-0.25, -0.2) is 8.42 Å². The van der Waals surface area contributed by atoms with Gasteiger partial charge < -0.3 is 0 Å². The van der Waals surface area contributed by atoms with Crippen LogP contribution in [0.15, 0.2) is 0 Å². The smallest absolute Gasteiger partial charge is 0.212 e. The van der Waals surface area contributed by atoms with Crippen LogP contribution in [-0.2, 0) is 10.0 Å². The van der Waals surface area contributed by atoms with Gasteiger partial charge in [0, 0.05) is 4.43 Å². The molecule has 1 N–H and O–H groups in total. The molecule has 0 aromatic carbocycles. The van der Waals surface area contributed by atoms with Crippen LogP contribution in [0.4, 0.5) is 13.2 Å². The molecule has 0 bridgehead atoms. The highest BCUT2D eigenvalue weighted by Crippen LogP contribution is 2.36. The van der Waals surface area contributed by atoms with Crippen LogP contribution in [0.2, 0.25) is 0 Å². The average Bonchev–Trinajstić information content (AvgIpc) is 1.93. The average molecular weight is 401 g/mol. The zero-order valence-corrected chi connectivity index (χ0v) is 13.8. The first-order chi connectivity index (χ1) is 7.68. The van der Waals surface area contributed by atoms with Crippen molar-refractivity contribution in [3.8, 4) is 0 Å². The normalized spacial score (nSPS) is 14.9. The lowest BCUT2D eigenvalue weighted by Crippen LogP contribution is -2.42.